The zero-order valence-corrected chi connectivity index (χ0v) is 11.2. The molecule has 0 unspecified atom stereocenters. The Balaban J connectivity index is 2.21. The van der Waals surface area contributed by atoms with Crippen molar-refractivity contribution >= 4 is 27.5 Å². The molecular formula is C13H10BrFN2O. The van der Waals surface area contributed by atoms with E-state index in [1.807, 2.05) is 0 Å². The van der Waals surface area contributed by atoms with Crippen LogP contribution in [0.5, 0.6) is 0 Å². The van der Waals surface area contributed by atoms with Gasteiger partial charge in [-0.1, -0.05) is 6.07 Å². The second-order valence-electron chi connectivity index (χ2n) is 3.76. The lowest BCUT2D eigenvalue weighted by Crippen LogP contribution is -2.14. The Bertz CT molecular complexity index is 601. The van der Waals surface area contributed by atoms with Crippen LogP contribution in [0.15, 0.2) is 41.0 Å². The first-order valence-corrected chi connectivity index (χ1v) is 6.05. The third-order valence-corrected chi connectivity index (χ3v) is 2.83. The average molecular weight is 309 g/mol. The number of nitrogens with one attached hydrogen (secondary N) is 1. The molecule has 2 rings (SSSR count). The topological polar surface area (TPSA) is 42.0 Å². The monoisotopic (exact) mass is 308 g/mol. The van der Waals surface area contributed by atoms with Crippen LogP contribution < -0.4 is 5.32 Å². The minimum Gasteiger partial charge on any atom is -0.320 e. The summed E-state index contributed by atoms with van der Waals surface area (Å²) in [4.78, 5) is 16.0. The van der Waals surface area contributed by atoms with Gasteiger partial charge in [0.15, 0.2) is 0 Å². The van der Waals surface area contributed by atoms with Crippen LogP contribution in [0.3, 0.4) is 0 Å². The minimum absolute atomic E-state index is 0.299. The number of aryl methyl sites for hydroxylation is 1. The van der Waals surface area contributed by atoms with Gasteiger partial charge in [-0.15, -0.1) is 0 Å². The van der Waals surface area contributed by atoms with E-state index in [4.69, 9.17) is 0 Å². The van der Waals surface area contributed by atoms with Crippen LogP contribution in [0.2, 0.25) is 0 Å². The molecule has 0 saturated heterocycles. The third-order valence-electron chi connectivity index (χ3n) is 2.38. The Labute approximate surface area is 112 Å². The Morgan fingerprint density at radius 1 is 1.33 bits per heavy atom. The Morgan fingerprint density at radius 3 is 2.78 bits per heavy atom. The lowest BCUT2D eigenvalue weighted by atomic mass is 10.2. The van der Waals surface area contributed by atoms with Gasteiger partial charge in [-0.25, -0.2) is 9.37 Å². The number of halogens is 2. The summed E-state index contributed by atoms with van der Waals surface area (Å²) in [5.41, 5.74) is 1.54. The maximum absolute atomic E-state index is 12.9. The number of benzene rings is 1. The molecule has 0 aliphatic heterocycles. The van der Waals surface area contributed by atoms with Crippen molar-refractivity contribution in [2.45, 2.75) is 6.92 Å². The van der Waals surface area contributed by atoms with E-state index < -0.39 is 0 Å². The van der Waals surface area contributed by atoms with E-state index in [2.05, 4.69) is 26.2 Å². The van der Waals surface area contributed by atoms with E-state index in [1.54, 1.807) is 25.1 Å². The van der Waals surface area contributed by atoms with Crippen LogP contribution in [0.1, 0.15) is 16.1 Å². The van der Waals surface area contributed by atoms with Gasteiger partial charge in [0.25, 0.3) is 5.91 Å². The number of hydrogen-bond donors (Lipinski definition) is 1. The lowest BCUT2D eigenvalue weighted by Gasteiger charge is -2.08. The molecule has 0 fully saturated rings. The van der Waals surface area contributed by atoms with Crippen molar-refractivity contribution in [1.82, 2.24) is 4.98 Å². The molecule has 0 spiro atoms. The number of nitrogens with zero attached hydrogens (tertiary/aromatic N) is 1. The summed E-state index contributed by atoms with van der Waals surface area (Å²) in [6.07, 6.45) is 0. The molecule has 1 amide bonds. The Kier molecular flexibility index (Phi) is 3.72. The number of amides is 1. The first kappa shape index (κ1) is 12.7. The van der Waals surface area contributed by atoms with Gasteiger partial charge >= 0.3 is 0 Å². The number of pyridine rings is 1. The maximum Gasteiger partial charge on any atom is 0.274 e. The fraction of sp³-hybridized carbons (Fsp3) is 0.0769. The van der Waals surface area contributed by atoms with Crippen molar-refractivity contribution in [3.8, 4) is 0 Å². The van der Waals surface area contributed by atoms with Crippen LogP contribution in [0, 0.1) is 12.7 Å². The van der Waals surface area contributed by atoms with Crippen molar-refractivity contribution in [3.63, 3.8) is 0 Å². The van der Waals surface area contributed by atoms with Crippen LogP contribution in [0.25, 0.3) is 0 Å². The fourth-order valence-electron chi connectivity index (χ4n) is 1.49. The number of aromatic nitrogens is 1. The van der Waals surface area contributed by atoms with Crippen molar-refractivity contribution in [3.05, 3.63) is 58.1 Å². The van der Waals surface area contributed by atoms with Gasteiger partial charge in [0.2, 0.25) is 0 Å². The van der Waals surface area contributed by atoms with Crippen molar-refractivity contribution in [2.75, 3.05) is 5.32 Å². The third kappa shape index (κ3) is 2.92. The van der Waals surface area contributed by atoms with Gasteiger partial charge in [0, 0.05) is 5.69 Å². The molecule has 18 heavy (non-hydrogen) atoms. The highest BCUT2D eigenvalue weighted by atomic mass is 79.9. The molecule has 0 saturated carbocycles. The Morgan fingerprint density at radius 2 is 2.11 bits per heavy atom. The molecule has 5 heteroatoms. The van der Waals surface area contributed by atoms with Crippen LogP contribution in [-0.4, -0.2) is 10.9 Å². The van der Waals surface area contributed by atoms with Gasteiger partial charge in [-0.05, 0) is 58.7 Å². The molecule has 0 bridgehead atoms. The SMILES string of the molecule is Cc1cc(F)ccc1NC(=O)c1cccc(Br)n1. The maximum atomic E-state index is 12.9. The van der Waals surface area contributed by atoms with Gasteiger partial charge in [-0.2, -0.15) is 0 Å². The zero-order valence-electron chi connectivity index (χ0n) is 9.58. The molecular weight excluding hydrogens is 299 g/mol. The highest BCUT2D eigenvalue weighted by molar-refractivity contribution is 9.10. The molecule has 0 aliphatic rings. The molecule has 0 aliphatic carbocycles. The molecule has 2 aromatic rings. The van der Waals surface area contributed by atoms with Crippen LogP contribution in [0.4, 0.5) is 10.1 Å². The predicted molar refractivity (Wildman–Crippen MR) is 71.0 cm³/mol. The van der Waals surface area contributed by atoms with Gasteiger partial charge in [0.1, 0.15) is 16.1 Å². The van der Waals surface area contributed by atoms with E-state index >= 15 is 0 Å². The van der Waals surface area contributed by atoms with Crippen molar-refractivity contribution in [1.29, 1.82) is 0 Å². The molecule has 3 nitrogen and oxygen atoms in total. The van der Waals surface area contributed by atoms with Gasteiger partial charge < -0.3 is 5.32 Å². The average Bonchev–Trinajstić information content (AvgIpc) is 2.32. The summed E-state index contributed by atoms with van der Waals surface area (Å²) in [5, 5.41) is 2.69. The normalized spacial score (nSPS) is 10.2. The quantitative estimate of drug-likeness (QED) is 0.862. The molecule has 1 aromatic heterocycles. The van der Waals surface area contributed by atoms with E-state index in [1.165, 1.54) is 18.2 Å². The molecule has 0 radical (unpaired) electrons. The zero-order chi connectivity index (χ0) is 13.1. The summed E-state index contributed by atoms with van der Waals surface area (Å²) < 4.78 is 13.5. The molecule has 1 aromatic carbocycles. The molecule has 0 atom stereocenters. The fourth-order valence-corrected chi connectivity index (χ4v) is 1.83. The van der Waals surface area contributed by atoms with Crippen molar-refractivity contribution < 1.29 is 9.18 Å². The summed E-state index contributed by atoms with van der Waals surface area (Å²) in [6, 6.07) is 9.27. The number of hydrogen-bond acceptors (Lipinski definition) is 2. The number of rotatable bonds is 2. The minimum atomic E-state index is -0.328. The van der Waals surface area contributed by atoms with Crippen LogP contribution in [-0.2, 0) is 0 Å². The number of anilines is 1. The largest absolute Gasteiger partial charge is 0.320 e. The molecule has 1 N–H and O–H groups in total. The first-order chi connectivity index (χ1) is 8.56. The highest BCUT2D eigenvalue weighted by Gasteiger charge is 2.09. The summed E-state index contributed by atoms with van der Waals surface area (Å²) in [5.74, 6) is -0.655. The molecule has 1 heterocycles. The second-order valence-corrected chi connectivity index (χ2v) is 4.57. The Hall–Kier alpha value is -1.75. The standard InChI is InChI=1S/C13H10BrFN2O/c1-8-7-9(15)5-6-10(8)17-13(18)11-3-2-4-12(14)16-11/h2-7H,1H3,(H,17,18). The smallest absolute Gasteiger partial charge is 0.274 e. The van der Waals surface area contributed by atoms with E-state index in [9.17, 15) is 9.18 Å². The summed E-state index contributed by atoms with van der Waals surface area (Å²) >= 11 is 3.20. The van der Waals surface area contributed by atoms with E-state index in [-0.39, 0.29) is 11.7 Å². The van der Waals surface area contributed by atoms with E-state index in [0.717, 1.165) is 0 Å². The first-order valence-electron chi connectivity index (χ1n) is 5.26. The van der Waals surface area contributed by atoms with Crippen LogP contribution >= 0.6 is 15.9 Å². The summed E-state index contributed by atoms with van der Waals surface area (Å²) in [6.45, 7) is 1.73. The number of carbonyl (C=O) groups excluding carboxylic acids is 1. The summed E-state index contributed by atoms with van der Waals surface area (Å²) in [7, 11) is 0. The van der Waals surface area contributed by atoms with Crippen molar-refractivity contribution in [2.24, 2.45) is 0 Å². The second kappa shape index (κ2) is 5.27. The lowest BCUT2D eigenvalue weighted by molar-refractivity contribution is 0.102. The van der Waals surface area contributed by atoms with E-state index in [0.29, 0.717) is 21.5 Å². The highest BCUT2D eigenvalue weighted by Crippen LogP contribution is 2.16. The van der Waals surface area contributed by atoms with Gasteiger partial charge in [0.05, 0.1) is 0 Å². The number of carbonyl (C=O) groups is 1. The molecule has 92 valence electrons. The van der Waals surface area contributed by atoms with Gasteiger partial charge in [-0.3, -0.25) is 4.79 Å². The predicted octanol–water partition coefficient (Wildman–Crippen LogP) is 3.54.